The van der Waals surface area contributed by atoms with Crippen LogP contribution in [0.4, 0.5) is 0 Å². The molecule has 0 aromatic rings. The maximum absolute atomic E-state index is 10.9. The van der Waals surface area contributed by atoms with Gasteiger partial charge in [-0.1, -0.05) is 0 Å². The van der Waals surface area contributed by atoms with Gasteiger partial charge in [-0.25, -0.2) is 0 Å². The van der Waals surface area contributed by atoms with Crippen LogP contribution in [0.5, 0.6) is 0 Å². The van der Waals surface area contributed by atoms with E-state index in [9.17, 15) is 4.79 Å². The number of hydrogen-bond acceptors (Lipinski definition) is 2. The van der Waals surface area contributed by atoms with E-state index in [1.165, 1.54) is 0 Å². The quantitative estimate of drug-likeness (QED) is 0.498. The molecule has 0 fully saturated rings. The summed E-state index contributed by atoms with van der Waals surface area (Å²) in [5.41, 5.74) is -0.475. The molecule has 0 spiro atoms. The van der Waals surface area contributed by atoms with Crippen molar-refractivity contribution >= 4 is 11.5 Å². The molecule has 0 radical (unpaired) electrons. The molecule has 2 heteroatoms. The molecule has 0 saturated carbocycles. The van der Waals surface area contributed by atoms with Crippen molar-refractivity contribution in [3.05, 3.63) is 0 Å². The first-order valence-corrected chi connectivity index (χ1v) is 2.22. The van der Waals surface area contributed by atoms with E-state index in [-0.39, 0.29) is 0 Å². The van der Waals surface area contributed by atoms with E-state index in [2.05, 4.69) is 4.99 Å². The van der Waals surface area contributed by atoms with Crippen molar-refractivity contribution < 1.29 is 11.6 Å². The van der Waals surface area contributed by atoms with Crippen LogP contribution in [0.15, 0.2) is 4.99 Å². The van der Waals surface area contributed by atoms with Crippen LogP contribution in [0, 0.1) is 0 Å². The highest BCUT2D eigenvalue weighted by molar-refractivity contribution is 6.39. The highest BCUT2D eigenvalue weighted by atomic mass is 16.1. The van der Waals surface area contributed by atoms with Crippen LogP contribution in [0.1, 0.15) is 26.5 Å². The van der Waals surface area contributed by atoms with E-state index in [1.807, 2.05) is 0 Å². The fourth-order valence-corrected chi connectivity index (χ4v) is 0.409. The van der Waals surface area contributed by atoms with Crippen molar-refractivity contribution in [3.63, 3.8) is 0 Å². The monoisotopic (exact) mass is 116 g/mol. The number of nitrogens with zero attached hydrogens (tertiary/aromatic N) is 1. The van der Waals surface area contributed by atoms with Gasteiger partial charge < -0.3 is 0 Å². The molecule has 0 aromatic carbocycles. The molecule has 2 nitrogen and oxygen atoms in total. The molecule has 1 atom stereocenters. The van der Waals surface area contributed by atoms with Gasteiger partial charge in [-0.05, 0) is 12.7 Å². The van der Waals surface area contributed by atoms with Gasteiger partial charge in [0.2, 0.25) is 0 Å². The number of ketones is 1. The second-order valence-electron chi connectivity index (χ2n) is 1.43. The molecule has 1 unspecified atom stereocenters. The maximum atomic E-state index is 10.9. The molecular formula is C6H9NO. The van der Waals surface area contributed by atoms with Gasteiger partial charge in [0.25, 0.3) is 0 Å². The minimum absolute atomic E-state index is 0.475. The van der Waals surface area contributed by atoms with Crippen molar-refractivity contribution in [2.24, 2.45) is 4.99 Å². The van der Waals surface area contributed by atoms with Crippen LogP contribution in [0.2, 0.25) is 0 Å². The minimum atomic E-state index is -2.45. The predicted molar refractivity (Wildman–Crippen MR) is 32.2 cm³/mol. The molecule has 0 amide bonds. The van der Waals surface area contributed by atoms with Crippen molar-refractivity contribution in [1.82, 2.24) is 0 Å². The molecule has 1 rings (SSSR count). The van der Waals surface area contributed by atoms with Crippen LogP contribution in [-0.4, -0.2) is 18.0 Å². The number of aliphatic imine (C=N–C) groups is 1. The zero-order chi connectivity index (χ0) is 10.4. The molecule has 0 saturated heterocycles. The zero-order valence-corrected chi connectivity index (χ0v) is 4.43. The fourth-order valence-electron chi connectivity index (χ4n) is 0.409. The summed E-state index contributed by atoms with van der Waals surface area (Å²) in [5, 5.41) is 0. The number of rotatable bonds is 1. The predicted octanol–water partition coefficient (Wildman–Crippen LogP) is 0.810. The highest BCUT2D eigenvalue weighted by Crippen LogP contribution is 2.03. The summed E-state index contributed by atoms with van der Waals surface area (Å²) < 4.78 is 36.3. The minimum Gasteiger partial charge on any atom is -0.293 e. The number of Topliss-reactive ketones (excluding diaryl/α,β-unsaturated/α-hetero) is 1. The Labute approximate surface area is 55.6 Å². The third-order valence-corrected chi connectivity index (χ3v) is 0.782. The van der Waals surface area contributed by atoms with E-state index < -0.39 is 30.8 Å². The Morgan fingerprint density at radius 2 is 2.75 bits per heavy atom. The lowest BCUT2D eigenvalue weighted by Crippen LogP contribution is -2.04. The lowest BCUT2D eigenvalue weighted by atomic mass is 10.2. The van der Waals surface area contributed by atoms with E-state index in [4.69, 9.17) is 6.85 Å². The van der Waals surface area contributed by atoms with Gasteiger partial charge in [-0.15, -0.1) is 0 Å². The maximum Gasteiger partial charge on any atom is 0.173 e. The first kappa shape index (κ1) is 1.94. The Bertz CT molecular complexity index is 285. The third-order valence-electron chi connectivity index (χ3n) is 0.782. The van der Waals surface area contributed by atoms with Gasteiger partial charge in [-0.2, -0.15) is 0 Å². The molecule has 0 bridgehead atoms. The first-order chi connectivity index (χ1) is 5.71. The second-order valence-corrected chi connectivity index (χ2v) is 1.43. The van der Waals surface area contributed by atoms with Crippen LogP contribution >= 0.6 is 0 Å². The lowest BCUT2D eigenvalue weighted by Gasteiger charge is -1.86. The molecule has 0 aliphatic carbocycles. The smallest absolute Gasteiger partial charge is 0.173 e. The molecule has 1 aliphatic rings. The van der Waals surface area contributed by atoms with E-state index in [0.29, 0.717) is 0 Å². The van der Waals surface area contributed by atoms with Gasteiger partial charge in [0, 0.05) is 18.9 Å². The van der Waals surface area contributed by atoms with Crippen molar-refractivity contribution in [1.29, 1.82) is 0 Å². The summed E-state index contributed by atoms with van der Waals surface area (Å²) in [4.78, 5) is 14.3. The summed E-state index contributed by atoms with van der Waals surface area (Å²) in [5.74, 6) is -0.622. The van der Waals surface area contributed by atoms with Crippen LogP contribution < -0.4 is 0 Å². The zero-order valence-electron chi connectivity index (χ0n) is 9.43. The molecule has 0 aromatic heterocycles. The topological polar surface area (TPSA) is 29.4 Å². The molecule has 1 heterocycles. The van der Waals surface area contributed by atoms with E-state index in [1.54, 1.807) is 0 Å². The Morgan fingerprint density at radius 1 is 2.00 bits per heavy atom. The van der Waals surface area contributed by atoms with Gasteiger partial charge in [0.1, 0.15) is 0 Å². The Hall–Kier alpha value is -0.660. The van der Waals surface area contributed by atoms with Crippen molar-refractivity contribution in [2.75, 3.05) is 6.52 Å². The second kappa shape index (κ2) is 2.07. The first-order valence-electron chi connectivity index (χ1n) is 4.80. The highest BCUT2D eigenvalue weighted by Gasteiger charge is 2.08. The summed E-state index contributed by atoms with van der Waals surface area (Å²) in [6, 6.07) is 0. The third kappa shape index (κ3) is 0.941. The average Bonchev–Trinajstić information content (AvgIpc) is 2.10. The summed E-state index contributed by atoms with van der Waals surface area (Å²) in [7, 11) is 0. The normalized spacial score (nSPS) is 49.4. The molecule has 0 N–H and O–H groups in total. The summed E-state index contributed by atoms with van der Waals surface area (Å²) >= 11 is 0. The summed E-state index contributed by atoms with van der Waals surface area (Å²) in [6.07, 6.45) is -4.88. The molecule has 44 valence electrons. The molecule has 1 aliphatic heterocycles. The fraction of sp³-hybridized carbons (Fsp3) is 0.667. The number of carbonyl (C=O) groups is 1. The van der Waals surface area contributed by atoms with E-state index in [0.717, 1.165) is 6.92 Å². The Balaban J connectivity index is 3.17. The van der Waals surface area contributed by atoms with E-state index >= 15 is 0 Å². The van der Waals surface area contributed by atoms with Crippen LogP contribution in [0.3, 0.4) is 0 Å². The van der Waals surface area contributed by atoms with Gasteiger partial charge in [0.05, 0.1) is 7.08 Å². The largest absolute Gasteiger partial charge is 0.293 e. The lowest BCUT2D eigenvalue weighted by molar-refractivity contribution is -0.111. The van der Waals surface area contributed by atoms with Crippen molar-refractivity contribution in [3.8, 4) is 0 Å². The van der Waals surface area contributed by atoms with Gasteiger partial charge in [-0.3, -0.25) is 9.79 Å². The van der Waals surface area contributed by atoms with Gasteiger partial charge in [0.15, 0.2) is 5.78 Å². The van der Waals surface area contributed by atoms with Crippen LogP contribution in [-0.2, 0) is 4.79 Å². The molecule has 8 heavy (non-hydrogen) atoms. The Morgan fingerprint density at radius 3 is 3.00 bits per heavy atom. The van der Waals surface area contributed by atoms with Crippen molar-refractivity contribution in [2.45, 2.75) is 19.7 Å². The number of carbonyl (C=O) groups excluding carboxylic acids is 1. The standard InChI is InChI=1S/C6H9NO/c1-5(8)6-3-2-4-7-6/h2-4H2,1H3/i2D2,3D2,4D. The molecular weight excluding hydrogens is 102 g/mol. The summed E-state index contributed by atoms with van der Waals surface area (Å²) in [6.45, 7) is -0.438. The Kier molecular flexibility index (Phi) is 0.502. The number of hydrogen-bond donors (Lipinski definition) is 0. The van der Waals surface area contributed by atoms with Gasteiger partial charge >= 0.3 is 0 Å². The average molecular weight is 116 g/mol. The SMILES string of the molecule is [2H]C1N=C(C(C)=O)C([2H])([2H])C1([2H])[2H]. The van der Waals surface area contributed by atoms with Crippen LogP contribution in [0.25, 0.3) is 0 Å².